The van der Waals surface area contributed by atoms with Crippen LogP contribution in [0.5, 0.6) is 0 Å². The monoisotopic (exact) mass is 448 g/mol. The molecule has 0 fully saturated rings. The van der Waals surface area contributed by atoms with E-state index in [2.05, 4.69) is 10.0 Å². The lowest BCUT2D eigenvalue weighted by molar-refractivity contribution is -0.138. The maximum absolute atomic E-state index is 14.8. The number of benzene rings is 2. The number of carbonyl (C=O) groups is 1. The molecule has 0 amide bonds. The van der Waals surface area contributed by atoms with E-state index in [0.29, 0.717) is 16.8 Å². The molecule has 0 aromatic heterocycles. The van der Waals surface area contributed by atoms with Crippen molar-refractivity contribution in [1.29, 1.82) is 0 Å². The number of aryl methyl sites for hydroxylation is 2. The maximum atomic E-state index is 14.8. The van der Waals surface area contributed by atoms with E-state index in [-0.39, 0.29) is 16.8 Å². The van der Waals surface area contributed by atoms with Crippen LogP contribution >= 0.6 is 0 Å². The smallest absolute Gasteiger partial charge is 0.321 e. The highest BCUT2D eigenvalue weighted by Gasteiger charge is 2.21. The highest BCUT2D eigenvalue weighted by Crippen LogP contribution is 2.31. The van der Waals surface area contributed by atoms with Crippen LogP contribution in [0.2, 0.25) is 0 Å². The van der Waals surface area contributed by atoms with Gasteiger partial charge in [-0.3, -0.25) is 4.79 Å². The lowest BCUT2D eigenvalue weighted by Gasteiger charge is -2.15. The van der Waals surface area contributed by atoms with Gasteiger partial charge in [0, 0.05) is 17.3 Å². The predicted octanol–water partition coefficient (Wildman–Crippen LogP) is 4.68. The first-order chi connectivity index (χ1) is 14.3. The molecule has 2 aromatic rings. The van der Waals surface area contributed by atoms with Crippen molar-refractivity contribution < 1.29 is 22.7 Å². The van der Waals surface area contributed by atoms with E-state index in [1.54, 1.807) is 12.1 Å². The standard InChI is InChI=1S/C23H29FN2O4S/c1-13(2)25-19-7-8-20(22(24)12-19)21-10-14(3)18(9-15(21)4)11-16(5)31(29,30)26-17(6)23(27)28/h7-13,17,25-26H,1-6H3,(H,27,28). The molecule has 1 atom stereocenters. The molecule has 0 bridgehead atoms. The van der Waals surface area contributed by atoms with Gasteiger partial charge < -0.3 is 10.4 Å². The Bertz CT molecular complexity index is 1120. The summed E-state index contributed by atoms with van der Waals surface area (Å²) in [5.74, 6) is -1.61. The number of hydrogen-bond acceptors (Lipinski definition) is 4. The first kappa shape index (κ1) is 24.6. The Labute approximate surface area is 183 Å². The van der Waals surface area contributed by atoms with Crippen LogP contribution in [0.3, 0.4) is 0 Å². The number of halogens is 1. The zero-order valence-electron chi connectivity index (χ0n) is 18.6. The second-order valence-electron chi connectivity index (χ2n) is 7.95. The largest absolute Gasteiger partial charge is 0.480 e. The quantitative estimate of drug-likeness (QED) is 0.545. The Morgan fingerprint density at radius 2 is 1.71 bits per heavy atom. The normalized spacial score (nSPS) is 13.4. The molecule has 0 heterocycles. The number of carboxylic acid groups (broad SMARTS) is 1. The van der Waals surface area contributed by atoms with Crippen LogP contribution in [-0.4, -0.2) is 31.6 Å². The summed E-state index contributed by atoms with van der Waals surface area (Å²) in [6, 6.07) is 7.58. The lowest BCUT2D eigenvalue weighted by atomic mass is 9.94. The molecule has 168 valence electrons. The van der Waals surface area contributed by atoms with Crippen molar-refractivity contribution in [2.75, 3.05) is 5.32 Å². The minimum absolute atomic E-state index is 0.00820. The summed E-state index contributed by atoms with van der Waals surface area (Å²) in [4.78, 5) is 10.9. The summed E-state index contributed by atoms with van der Waals surface area (Å²) in [5.41, 5.74) is 4.11. The van der Waals surface area contributed by atoms with Crippen molar-refractivity contribution in [3.63, 3.8) is 0 Å². The molecule has 0 saturated heterocycles. The SMILES string of the molecule is CC(=Cc1cc(C)c(-c2ccc(NC(C)C)cc2F)cc1C)S(=O)(=O)NC(C)C(=O)O. The fourth-order valence-corrected chi connectivity index (χ4v) is 4.15. The summed E-state index contributed by atoms with van der Waals surface area (Å²) in [7, 11) is -3.95. The van der Waals surface area contributed by atoms with Crippen molar-refractivity contribution in [3.05, 3.63) is 57.7 Å². The molecule has 0 aliphatic rings. The number of sulfonamides is 1. The minimum atomic E-state index is -3.95. The molecule has 1 unspecified atom stereocenters. The zero-order valence-corrected chi connectivity index (χ0v) is 19.4. The second kappa shape index (κ2) is 9.62. The van der Waals surface area contributed by atoms with Crippen LogP contribution in [-0.2, 0) is 14.8 Å². The minimum Gasteiger partial charge on any atom is -0.480 e. The molecule has 0 spiro atoms. The van der Waals surface area contributed by atoms with Gasteiger partial charge in [-0.1, -0.05) is 12.1 Å². The molecule has 3 N–H and O–H groups in total. The number of allylic oxidation sites excluding steroid dienone is 1. The molecule has 31 heavy (non-hydrogen) atoms. The third kappa shape index (κ3) is 6.15. The molecule has 8 heteroatoms. The van der Waals surface area contributed by atoms with Crippen LogP contribution < -0.4 is 10.0 Å². The Hall–Kier alpha value is -2.71. The number of anilines is 1. The first-order valence-corrected chi connectivity index (χ1v) is 11.4. The van der Waals surface area contributed by atoms with Gasteiger partial charge in [-0.05, 0) is 88.1 Å². The fourth-order valence-electron chi connectivity index (χ4n) is 3.11. The van der Waals surface area contributed by atoms with E-state index in [1.807, 2.05) is 39.8 Å². The lowest BCUT2D eigenvalue weighted by Crippen LogP contribution is -2.38. The predicted molar refractivity (Wildman–Crippen MR) is 123 cm³/mol. The summed E-state index contributed by atoms with van der Waals surface area (Å²) in [6.07, 6.45) is 1.48. The molecule has 2 aromatic carbocycles. The summed E-state index contributed by atoms with van der Waals surface area (Å²) in [6.45, 7) is 10.3. The number of nitrogens with one attached hydrogen (secondary N) is 2. The Morgan fingerprint density at radius 3 is 2.26 bits per heavy atom. The van der Waals surface area contributed by atoms with Crippen molar-refractivity contribution in [1.82, 2.24) is 4.72 Å². The second-order valence-corrected chi connectivity index (χ2v) is 9.84. The Kier molecular flexibility index (Phi) is 7.62. The van der Waals surface area contributed by atoms with Crippen LogP contribution in [0.1, 0.15) is 44.4 Å². The van der Waals surface area contributed by atoms with Gasteiger partial charge in [0.05, 0.1) is 4.91 Å². The van der Waals surface area contributed by atoms with Crippen LogP contribution in [0.4, 0.5) is 10.1 Å². The number of hydrogen-bond donors (Lipinski definition) is 3. The van der Waals surface area contributed by atoms with Crippen LogP contribution in [0, 0.1) is 19.7 Å². The van der Waals surface area contributed by atoms with Crippen molar-refractivity contribution in [3.8, 4) is 11.1 Å². The first-order valence-electron chi connectivity index (χ1n) is 9.93. The van der Waals surface area contributed by atoms with Crippen LogP contribution in [0.25, 0.3) is 17.2 Å². The molecular formula is C23H29FN2O4S. The van der Waals surface area contributed by atoms with Gasteiger partial charge in [0.15, 0.2) is 0 Å². The van der Waals surface area contributed by atoms with Gasteiger partial charge in [-0.15, -0.1) is 0 Å². The maximum Gasteiger partial charge on any atom is 0.321 e. The molecule has 0 aliphatic heterocycles. The molecule has 0 aliphatic carbocycles. The van der Waals surface area contributed by atoms with Gasteiger partial charge in [0.1, 0.15) is 11.9 Å². The molecule has 0 radical (unpaired) electrons. The van der Waals surface area contributed by atoms with Gasteiger partial charge in [-0.25, -0.2) is 12.8 Å². The highest BCUT2D eigenvalue weighted by molar-refractivity contribution is 7.93. The van der Waals surface area contributed by atoms with E-state index in [9.17, 15) is 17.6 Å². The zero-order chi connectivity index (χ0) is 23.5. The van der Waals surface area contributed by atoms with Crippen molar-refractivity contribution in [2.45, 2.75) is 53.6 Å². The highest BCUT2D eigenvalue weighted by atomic mass is 32.2. The number of aliphatic carboxylic acids is 1. The summed E-state index contributed by atoms with van der Waals surface area (Å²) >= 11 is 0. The van der Waals surface area contributed by atoms with E-state index < -0.39 is 22.0 Å². The number of rotatable bonds is 8. The molecule has 6 nitrogen and oxygen atoms in total. The van der Waals surface area contributed by atoms with E-state index in [4.69, 9.17) is 5.11 Å². The van der Waals surface area contributed by atoms with E-state index in [1.165, 1.54) is 26.0 Å². The molecule has 0 saturated carbocycles. The Balaban J connectivity index is 2.40. The molecule has 2 rings (SSSR count). The Morgan fingerprint density at radius 1 is 1.06 bits per heavy atom. The van der Waals surface area contributed by atoms with Crippen LogP contribution in [0.15, 0.2) is 35.2 Å². The van der Waals surface area contributed by atoms with Gasteiger partial charge >= 0.3 is 5.97 Å². The third-order valence-corrected chi connectivity index (χ3v) is 6.44. The van der Waals surface area contributed by atoms with Crippen molar-refractivity contribution >= 4 is 27.8 Å². The average Bonchev–Trinajstić information content (AvgIpc) is 2.64. The van der Waals surface area contributed by atoms with E-state index >= 15 is 0 Å². The third-order valence-electron chi connectivity index (χ3n) is 4.81. The van der Waals surface area contributed by atoms with E-state index in [0.717, 1.165) is 16.7 Å². The summed E-state index contributed by atoms with van der Waals surface area (Å²) in [5, 5.41) is 12.1. The molecular weight excluding hydrogens is 419 g/mol. The van der Waals surface area contributed by atoms with Gasteiger partial charge in [0.25, 0.3) is 0 Å². The number of carboxylic acids is 1. The van der Waals surface area contributed by atoms with Gasteiger partial charge in [-0.2, -0.15) is 4.72 Å². The van der Waals surface area contributed by atoms with Gasteiger partial charge in [0.2, 0.25) is 10.0 Å². The van der Waals surface area contributed by atoms with Crippen molar-refractivity contribution in [2.24, 2.45) is 0 Å². The summed E-state index contributed by atoms with van der Waals surface area (Å²) < 4.78 is 41.7. The average molecular weight is 449 g/mol. The topological polar surface area (TPSA) is 95.5 Å². The fraction of sp³-hybridized carbons (Fsp3) is 0.348.